The second kappa shape index (κ2) is 6.86. The minimum atomic E-state index is -0.962. The van der Waals surface area contributed by atoms with Crippen LogP contribution in [0.2, 0.25) is 0 Å². The van der Waals surface area contributed by atoms with Crippen LogP contribution >= 0.6 is 0 Å². The van der Waals surface area contributed by atoms with Crippen molar-refractivity contribution in [3.05, 3.63) is 0 Å². The van der Waals surface area contributed by atoms with E-state index in [1.54, 1.807) is 20.9 Å². The molecule has 1 rings (SSSR count). The average molecular weight is 272 g/mol. The summed E-state index contributed by atoms with van der Waals surface area (Å²) in [5.74, 6) is -1.35. The van der Waals surface area contributed by atoms with Gasteiger partial charge in [-0.05, 0) is 18.9 Å². The van der Waals surface area contributed by atoms with Gasteiger partial charge in [0.25, 0.3) is 0 Å². The molecule has 0 aliphatic carbocycles. The fraction of sp³-hybridized carbons (Fsp3) is 0.846. The topological polar surface area (TPSA) is 81.1 Å². The normalized spacial score (nSPS) is 21.6. The van der Waals surface area contributed by atoms with E-state index in [4.69, 9.17) is 5.11 Å². The van der Waals surface area contributed by atoms with E-state index in [1.807, 2.05) is 4.90 Å². The van der Waals surface area contributed by atoms with Crippen LogP contribution in [0.25, 0.3) is 0 Å². The number of carbonyl (C=O) groups is 2. The molecule has 0 saturated carbocycles. The summed E-state index contributed by atoms with van der Waals surface area (Å²) in [5, 5.41) is 18.1. The summed E-state index contributed by atoms with van der Waals surface area (Å²) < 4.78 is 0. The molecule has 2 atom stereocenters. The molecule has 0 aromatic heterocycles. The first-order valence-corrected chi connectivity index (χ1v) is 6.71. The Balaban J connectivity index is 2.64. The van der Waals surface area contributed by atoms with Gasteiger partial charge in [-0.2, -0.15) is 0 Å². The maximum absolute atomic E-state index is 12.3. The lowest BCUT2D eigenvalue weighted by Gasteiger charge is -2.29. The summed E-state index contributed by atoms with van der Waals surface area (Å²) >= 11 is 0. The van der Waals surface area contributed by atoms with Gasteiger partial charge in [0.1, 0.15) is 6.04 Å². The molecule has 0 bridgehead atoms. The van der Waals surface area contributed by atoms with Crippen molar-refractivity contribution in [3.63, 3.8) is 0 Å². The summed E-state index contributed by atoms with van der Waals surface area (Å²) in [6.07, 6.45) is 0.730. The van der Waals surface area contributed by atoms with Crippen LogP contribution in [0.5, 0.6) is 0 Å². The fourth-order valence-corrected chi connectivity index (χ4v) is 2.70. The van der Waals surface area contributed by atoms with Crippen molar-refractivity contribution in [2.75, 3.05) is 33.3 Å². The van der Waals surface area contributed by atoms with E-state index in [-0.39, 0.29) is 24.3 Å². The fourth-order valence-electron chi connectivity index (χ4n) is 2.70. The molecule has 6 nitrogen and oxygen atoms in total. The van der Waals surface area contributed by atoms with E-state index >= 15 is 0 Å². The number of likely N-dealkylation sites (tertiary alicyclic amines) is 1. The number of rotatable bonds is 6. The van der Waals surface area contributed by atoms with E-state index in [2.05, 4.69) is 0 Å². The molecule has 6 heteroatoms. The molecule has 1 aliphatic rings. The second-order valence-corrected chi connectivity index (χ2v) is 5.49. The molecule has 1 unspecified atom stereocenters. The van der Waals surface area contributed by atoms with Crippen LogP contribution < -0.4 is 0 Å². The number of amides is 1. The summed E-state index contributed by atoms with van der Waals surface area (Å²) in [5.41, 5.74) is 0. The molecule has 1 saturated heterocycles. The number of nitrogens with zero attached hydrogens (tertiary/aromatic N) is 2. The smallest absolute Gasteiger partial charge is 0.326 e. The average Bonchev–Trinajstić information content (AvgIpc) is 2.76. The Morgan fingerprint density at radius 1 is 1.42 bits per heavy atom. The lowest BCUT2D eigenvalue weighted by atomic mass is 10.0. The molecule has 1 fully saturated rings. The number of aliphatic hydroxyl groups excluding tert-OH is 1. The van der Waals surface area contributed by atoms with Crippen molar-refractivity contribution >= 4 is 11.9 Å². The number of aliphatic carboxylic acids is 1. The predicted molar refractivity (Wildman–Crippen MR) is 70.7 cm³/mol. The first kappa shape index (κ1) is 15.9. The van der Waals surface area contributed by atoms with Crippen molar-refractivity contribution < 1.29 is 19.8 Å². The Bertz CT molecular complexity index is 333. The van der Waals surface area contributed by atoms with E-state index in [9.17, 15) is 14.7 Å². The van der Waals surface area contributed by atoms with Gasteiger partial charge in [0.15, 0.2) is 0 Å². The van der Waals surface area contributed by atoms with Crippen LogP contribution in [0.4, 0.5) is 0 Å². The predicted octanol–water partition coefficient (Wildman–Crippen LogP) is -0.132. The van der Waals surface area contributed by atoms with Crippen LogP contribution in [0.1, 0.15) is 20.3 Å². The molecular weight excluding hydrogens is 248 g/mol. The highest BCUT2D eigenvalue weighted by Crippen LogP contribution is 2.20. The van der Waals surface area contributed by atoms with Gasteiger partial charge in [-0.3, -0.25) is 4.79 Å². The number of likely N-dealkylation sites (N-methyl/N-ethyl adjacent to an activating group) is 1. The third kappa shape index (κ3) is 3.91. The molecule has 0 aromatic carbocycles. The largest absolute Gasteiger partial charge is 0.480 e. The molecule has 1 aliphatic heterocycles. The van der Waals surface area contributed by atoms with Gasteiger partial charge in [0, 0.05) is 20.1 Å². The van der Waals surface area contributed by atoms with E-state index in [0.717, 1.165) is 13.0 Å². The Labute approximate surface area is 114 Å². The van der Waals surface area contributed by atoms with Crippen LogP contribution in [0, 0.1) is 11.8 Å². The number of hydrogen-bond donors (Lipinski definition) is 2. The zero-order valence-corrected chi connectivity index (χ0v) is 11.9. The summed E-state index contributed by atoms with van der Waals surface area (Å²) in [6.45, 7) is 5.64. The van der Waals surface area contributed by atoms with Crippen LogP contribution in [-0.2, 0) is 9.59 Å². The van der Waals surface area contributed by atoms with E-state index in [0.29, 0.717) is 13.1 Å². The number of carbonyl (C=O) groups excluding carboxylic acids is 1. The zero-order chi connectivity index (χ0) is 14.6. The van der Waals surface area contributed by atoms with Crippen molar-refractivity contribution in [1.29, 1.82) is 0 Å². The highest BCUT2D eigenvalue weighted by Gasteiger charge is 2.35. The number of hydrogen-bond acceptors (Lipinski definition) is 4. The molecule has 0 spiro atoms. The Kier molecular flexibility index (Phi) is 5.75. The second-order valence-electron chi connectivity index (χ2n) is 5.49. The van der Waals surface area contributed by atoms with Crippen LogP contribution in [-0.4, -0.2) is 71.2 Å². The van der Waals surface area contributed by atoms with Gasteiger partial charge < -0.3 is 20.0 Å². The SMILES string of the molecule is CC(C)C(C(=O)O)N(C)C(=O)[C@H]1CCN(CCO)C1. The van der Waals surface area contributed by atoms with Crippen LogP contribution in [0.3, 0.4) is 0 Å². The molecule has 1 heterocycles. The number of β-amino-alcohol motifs (C(OH)–C–C–N with tert-alkyl or cyclic N) is 1. The number of aliphatic hydroxyl groups is 1. The Morgan fingerprint density at radius 3 is 2.53 bits per heavy atom. The molecule has 110 valence electrons. The summed E-state index contributed by atoms with van der Waals surface area (Å²) in [4.78, 5) is 26.9. The summed E-state index contributed by atoms with van der Waals surface area (Å²) in [7, 11) is 1.57. The highest BCUT2D eigenvalue weighted by atomic mass is 16.4. The van der Waals surface area contributed by atoms with Crippen molar-refractivity contribution in [2.24, 2.45) is 11.8 Å². The first-order chi connectivity index (χ1) is 8.88. The van der Waals surface area contributed by atoms with Gasteiger partial charge in [-0.25, -0.2) is 4.79 Å². The molecule has 19 heavy (non-hydrogen) atoms. The first-order valence-electron chi connectivity index (χ1n) is 6.71. The lowest BCUT2D eigenvalue weighted by molar-refractivity contribution is -0.152. The maximum Gasteiger partial charge on any atom is 0.326 e. The van der Waals surface area contributed by atoms with Crippen molar-refractivity contribution in [3.8, 4) is 0 Å². The third-order valence-electron chi connectivity index (χ3n) is 3.69. The van der Waals surface area contributed by atoms with Crippen molar-refractivity contribution in [2.45, 2.75) is 26.3 Å². The van der Waals surface area contributed by atoms with Gasteiger partial charge >= 0.3 is 5.97 Å². The van der Waals surface area contributed by atoms with E-state index in [1.165, 1.54) is 4.90 Å². The minimum absolute atomic E-state index is 0.0838. The van der Waals surface area contributed by atoms with Gasteiger partial charge in [0.2, 0.25) is 5.91 Å². The van der Waals surface area contributed by atoms with Gasteiger partial charge in [-0.1, -0.05) is 13.8 Å². The molecule has 1 amide bonds. The molecule has 0 aromatic rings. The van der Waals surface area contributed by atoms with Crippen molar-refractivity contribution in [1.82, 2.24) is 9.80 Å². The standard InChI is InChI=1S/C13H24N2O4/c1-9(2)11(13(18)19)14(3)12(17)10-4-5-15(8-10)6-7-16/h9-11,16H,4-8H2,1-3H3,(H,18,19)/t10-,11?/m0/s1. The Morgan fingerprint density at radius 2 is 2.05 bits per heavy atom. The Hall–Kier alpha value is -1.14. The lowest BCUT2D eigenvalue weighted by Crippen LogP contribution is -2.48. The quantitative estimate of drug-likeness (QED) is 0.704. The molecular formula is C13H24N2O4. The number of carboxylic acids is 1. The monoisotopic (exact) mass is 272 g/mol. The third-order valence-corrected chi connectivity index (χ3v) is 3.69. The van der Waals surface area contributed by atoms with Crippen LogP contribution in [0.15, 0.2) is 0 Å². The molecule has 0 radical (unpaired) electrons. The molecule has 2 N–H and O–H groups in total. The van der Waals surface area contributed by atoms with E-state index < -0.39 is 12.0 Å². The van der Waals surface area contributed by atoms with Gasteiger partial charge in [0.05, 0.1) is 12.5 Å². The highest BCUT2D eigenvalue weighted by molar-refractivity contribution is 5.85. The summed E-state index contributed by atoms with van der Waals surface area (Å²) in [6, 6.07) is -0.778. The zero-order valence-electron chi connectivity index (χ0n) is 11.9. The number of carboxylic acid groups (broad SMARTS) is 1. The maximum atomic E-state index is 12.3. The van der Waals surface area contributed by atoms with Gasteiger partial charge in [-0.15, -0.1) is 0 Å². The minimum Gasteiger partial charge on any atom is -0.480 e.